The Labute approximate surface area is 232 Å². The van der Waals surface area contributed by atoms with E-state index in [1.165, 1.54) is 19.4 Å². The summed E-state index contributed by atoms with van der Waals surface area (Å²) in [5.74, 6) is -5.09. The van der Waals surface area contributed by atoms with Gasteiger partial charge in [0.15, 0.2) is 15.7 Å². The van der Waals surface area contributed by atoms with E-state index < -0.39 is 55.6 Å². The highest BCUT2D eigenvalue weighted by Gasteiger charge is 2.28. The number of methoxy groups -OCH3 is 1. The lowest BCUT2D eigenvalue weighted by Gasteiger charge is -2.13. The summed E-state index contributed by atoms with van der Waals surface area (Å²) in [5, 5.41) is 9.40. The largest absolute Gasteiger partial charge is 0.480 e. The molecule has 3 heterocycles. The number of benzene rings is 2. The molecule has 1 fully saturated rings. The molecule has 0 radical (unpaired) electrons. The highest BCUT2D eigenvalue weighted by Crippen LogP contribution is 2.35. The minimum atomic E-state index is -4.27. The number of hydrogen-bond donors (Lipinski definition) is 2. The lowest BCUT2D eigenvalue weighted by molar-refractivity contribution is 0.0935. The number of likely N-dealkylation sites (tertiary alicyclic amines) is 1. The van der Waals surface area contributed by atoms with Gasteiger partial charge in [-0.2, -0.15) is 5.10 Å². The third kappa shape index (κ3) is 5.11. The summed E-state index contributed by atoms with van der Waals surface area (Å²) in [4.78, 5) is 18.3. The first-order valence-electron chi connectivity index (χ1n) is 12.1. The van der Waals surface area contributed by atoms with Crippen molar-refractivity contribution in [3.05, 3.63) is 70.3 Å². The molecule has 2 aromatic carbocycles. The maximum atomic E-state index is 15.7. The number of fused-ring (bicyclic) bond motifs is 1. The van der Waals surface area contributed by atoms with Crippen molar-refractivity contribution >= 4 is 38.2 Å². The summed E-state index contributed by atoms with van der Waals surface area (Å²) in [6.07, 6.45) is 1.95. The molecule has 14 heteroatoms. The lowest BCUT2D eigenvalue weighted by atomic mass is 9.99. The summed E-state index contributed by atoms with van der Waals surface area (Å²) in [6, 6.07) is 5.29. The molecule has 1 atom stereocenters. The zero-order valence-electron chi connectivity index (χ0n) is 21.3. The van der Waals surface area contributed by atoms with Gasteiger partial charge in [-0.15, -0.1) is 0 Å². The van der Waals surface area contributed by atoms with Crippen molar-refractivity contribution in [2.75, 3.05) is 27.2 Å². The zero-order chi connectivity index (χ0) is 28.8. The van der Waals surface area contributed by atoms with Crippen LogP contribution in [0.1, 0.15) is 22.5 Å². The van der Waals surface area contributed by atoms with Gasteiger partial charge in [0.2, 0.25) is 5.88 Å². The predicted octanol–water partition coefficient (Wildman–Crippen LogP) is 4.11. The second-order valence-electron chi connectivity index (χ2n) is 9.46. The Morgan fingerprint density at radius 2 is 2.00 bits per heavy atom. The van der Waals surface area contributed by atoms with E-state index in [9.17, 15) is 17.6 Å². The number of ether oxygens (including phenoxy) is 1. The van der Waals surface area contributed by atoms with Crippen molar-refractivity contribution in [3.8, 4) is 17.0 Å². The van der Waals surface area contributed by atoms with E-state index in [-0.39, 0.29) is 38.4 Å². The number of aromatic nitrogens is 3. The van der Waals surface area contributed by atoms with Crippen LogP contribution in [0.5, 0.6) is 5.88 Å². The predicted molar refractivity (Wildman–Crippen MR) is 141 cm³/mol. The van der Waals surface area contributed by atoms with E-state index in [1.807, 2.05) is 7.05 Å². The average Bonchev–Trinajstić information content (AvgIpc) is 3.53. The van der Waals surface area contributed by atoms with E-state index in [0.29, 0.717) is 6.54 Å². The van der Waals surface area contributed by atoms with Gasteiger partial charge < -0.3 is 15.0 Å². The molecule has 0 spiro atoms. The molecule has 40 heavy (non-hydrogen) atoms. The highest BCUT2D eigenvalue weighted by atomic mass is 35.5. The van der Waals surface area contributed by atoms with Crippen LogP contribution in [-0.2, 0) is 15.6 Å². The minimum absolute atomic E-state index is 0.0117. The first-order chi connectivity index (χ1) is 19.0. The fourth-order valence-electron chi connectivity index (χ4n) is 4.74. The molecule has 1 aliphatic rings. The van der Waals surface area contributed by atoms with E-state index in [4.69, 9.17) is 16.3 Å². The van der Waals surface area contributed by atoms with Gasteiger partial charge in [-0.05, 0) is 38.2 Å². The van der Waals surface area contributed by atoms with Crippen molar-refractivity contribution in [3.63, 3.8) is 0 Å². The van der Waals surface area contributed by atoms with Crippen molar-refractivity contribution in [1.82, 2.24) is 25.4 Å². The SMILES string of the molecule is COc1ncc(Cl)cc1S(=O)(=O)Cc1ccc(F)c(-c2ccc3c(C(=O)N[C@@H]4CCN(C)C4)[nH]nc3c2F)c1F. The number of halogens is 4. The molecule has 0 saturated carbocycles. The fourth-order valence-corrected chi connectivity index (χ4v) is 6.46. The second-order valence-corrected chi connectivity index (χ2v) is 11.9. The number of aromatic amines is 1. The van der Waals surface area contributed by atoms with Crippen molar-refractivity contribution < 1.29 is 31.1 Å². The normalized spacial score (nSPS) is 16.0. The molecular weight excluding hydrogens is 571 g/mol. The molecule has 0 bridgehead atoms. The van der Waals surface area contributed by atoms with Gasteiger partial charge >= 0.3 is 0 Å². The van der Waals surface area contributed by atoms with Crippen LogP contribution < -0.4 is 10.1 Å². The Morgan fingerprint density at radius 1 is 1.23 bits per heavy atom. The van der Waals surface area contributed by atoms with Crippen LogP contribution in [0.3, 0.4) is 0 Å². The molecular formula is C26H23ClF3N5O4S. The Morgan fingerprint density at radius 3 is 2.70 bits per heavy atom. The molecule has 210 valence electrons. The summed E-state index contributed by atoms with van der Waals surface area (Å²) >= 11 is 5.89. The van der Waals surface area contributed by atoms with E-state index in [0.717, 1.165) is 37.2 Å². The number of nitrogens with zero attached hydrogens (tertiary/aromatic N) is 3. The molecule has 5 rings (SSSR count). The highest BCUT2D eigenvalue weighted by molar-refractivity contribution is 7.90. The molecule has 2 aromatic heterocycles. The van der Waals surface area contributed by atoms with Crippen molar-refractivity contribution in [2.45, 2.75) is 23.1 Å². The Bertz CT molecular complexity index is 1750. The molecule has 1 saturated heterocycles. The maximum Gasteiger partial charge on any atom is 0.270 e. The standard InChI is InChI=1S/C26H23ClF3N5O4S/c1-35-8-7-15(11-35)32-25(36)24-17-5-4-16(22(30)23(17)33-34-24)20-18(28)6-3-13(21(20)29)12-40(37,38)19-9-14(27)10-31-26(19)39-2/h3-6,9-10,15H,7-8,11-12H2,1-2H3,(H,32,36)(H,33,34)/t15-/m1/s1. The van der Waals surface area contributed by atoms with E-state index in [2.05, 4.69) is 25.4 Å². The van der Waals surface area contributed by atoms with Crippen LogP contribution in [0.2, 0.25) is 5.02 Å². The van der Waals surface area contributed by atoms with Crippen LogP contribution in [0.15, 0.2) is 41.4 Å². The van der Waals surface area contributed by atoms with Crippen molar-refractivity contribution in [1.29, 1.82) is 0 Å². The molecule has 0 aliphatic carbocycles. The number of carbonyl (C=O) groups is 1. The molecule has 0 unspecified atom stereocenters. The number of nitrogens with one attached hydrogen (secondary N) is 2. The van der Waals surface area contributed by atoms with Gasteiger partial charge in [-0.25, -0.2) is 26.6 Å². The van der Waals surface area contributed by atoms with Gasteiger partial charge in [-0.1, -0.05) is 23.7 Å². The summed E-state index contributed by atoms with van der Waals surface area (Å²) in [5.41, 5.74) is -1.95. The summed E-state index contributed by atoms with van der Waals surface area (Å²) in [6.45, 7) is 1.50. The van der Waals surface area contributed by atoms with Gasteiger partial charge in [0.1, 0.15) is 27.7 Å². The Hall–Kier alpha value is -3.68. The Balaban J connectivity index is 1.50. The number of likely N-dealkylation sites (N-methyl/N-ethyl adjacent to an activating group) is 1. The van der Waals surface area contributed by atoms with Gasteiger partial charge in [0.25, 0.3) is 5.91 Å². The van der Waals surface area contributed by atoms with Crippen molar-refractivity contribution in [2.24, 2.45) is 0 Å². The lowest BCUT2D eigenvalue weighted by Crippen LogP contribution is -2.36. The molecule has 2 N–H and O–H groups in total. The van der Waals surface area contributed by atoms with E-state index in [1.54, 1.807) is 0 Å². The number of carbonyl (C=O) groups excluding carboxylic acids is 1. The second kappa shape index (κ2) is 10.7. The number of H-pyrrole nitrogens is 1. The molecule has 4 aromatic rings. The van der Waals surface area contributed by atoms with Crippen LogP contribution >= 0.6 is 11.6 Å². The van der Waals surface area contributed by atoms with Gasteiger partial charge in [0, 0.05) is 35.3 Å². The van der Waals surface area contributed by atoms with Gasteiger partial charge in [-0.3, -0.25) is 9.89 Å². The Kier molecular flexibility index (Phi) is 7.46. The van der Waals surface area contributed by atoms with E-state index >= 15 is 8.78 Å². The number of pyridine rings is 1. The zero-order valence-corrected chi connectivity index (χ0v) is 22.8. The smallest absolute Gasteiger partial charge is 0.270 e. The van der Waals surface area contributed by atoms with Crippen LogP contribution in [0.25, 0.3) is 22.0 Å². The first kappa shape index (κ1) is 27.9. The van der Waals surface area contributed by atoms with Gasteiger partial charge in [0.05, 0.1) is 23.4 Å². The third-order valence-electron chi connectivity index (χ3n) is 6.72. The summed E-state index contributed by atoms with van der Waals surface area (Å²) in [7, 11) is -1.13. The number of hydrogen-bond acceptors (Lipinski definition) is 7. The quantitative estimate of drug-likeness (QED) is 0.331. The molecule has 1 amide bonds. The van der Waals surface area contributed by atoms with Crippen LogP contribution in [0, 0.1) is 17.5 Å². The number of sulfone groups is 1. The topological polar surface area (TPSA) is 117 Å². The van der Waals surface area contributed by atoms with Crippen LogP contribution in [0.4, 0.5) is 13.2 Å². The molecule has 1 aliphatic heterocycles. The fraction of sp³-hybridized carbons (Fsp3) is 0.269. The van der Waals surface area contributed by atoms with Crippen LogP contribution in [-0.4, -0.2) is 67.7 Å². The number of rotatable bonds is 7. The minimum Gasteiger partial charge on any atom is -0.480 e. The number of amides is 1. The molecule has 9 nitrogen and oxygen atoms in total. The first-order valence-corrected chi connectivity index (χ1v) is 14.1. The third-order valence-corrected chi connectivity index (χ3v) is 8.58. The average molecular weight is 594 g/mol. The maximum absolute atomic E-state index is 15.7. The summed E-state index contributed by atoms with van der Waals surface area (Å²) < 4.78 is 77.4. The monoisotopic (exact) mass is 593 g/mol.